The van der Waals surface area contributed by atoms with Gasteiger partial charge in [-0.15, -0.1) is 0 Å². The number of amidine groups is 1. The van der Waals surface area contributed by atoms with Crippen LogP contribution in [0.3, 0.4) is 0 Å². The molecule has 2 N–H and O–H groups in total. The smallest absolute Gasteiger partial charge is 0.271 e. The van der Waals surface area contributed by atoms with E-state index in [9.17, 15) is 15.0 Å². The van der Waals surface area contributed by atoms with Gasteiger partial charge < -0.3 is 10.2 Å². The van der Waals surface area contributed by atoms with Crippen LogP contribution < -0.4 is 4.90 Å². The van der Waals surface area contributed by atoms with Crippen molar-refractivity contribution in [3.8, 4) is 11.5 Å². The van der Waals surface area contributed by atoms with Gasteiger partial charge in [0.05, 0.1) is 21.3 Å². The fourth-order valence-electron chi connectivity index (χ4n) is 2.70. The number of aliphatic imine (C=N–C) groups is 1. The number of rotatable bonds is 3. The lowest BCUT2D eigenvalue weighted by atomic mass is 10.2. The summed E-state index contributed by atoms with van der Waals surface area (Å²) in [5.74, 6) is -0.733. The maximum Gasteiger partial charge on any atom is 0.271 e. The van der Waals surface area contributed by atoms with Gasteiger partial charge in [-0.25, -0.2) is 4.99 Å². The number of benzene rings is 2. The third kappa shape index (κ3) is 3.96. The second kappa shape index (κ2) is 7.98. The second-order valence-electron chi connectivity index (χ2n) is 6.06. The molecule has 1 amide bonds. The van der Waals surface area contributed by atoms with Gasteiger partial charge in [0.25, 0.3) is 5.91 Å². The molecular formula is C21H14ClN3O3S. The van der Waals surface area contributed by atoms with Gasteiger partial charge in [0.15, 0.2) is 16.7 Å². The summed E-state index contributed by atoms with van der Waals surface area (Å²) in [6.45, 7) is 0. The summed E-state index contributed by atoms with van der Waals surface area (Å²) >= 11 is 7.38. The van der Waals surface area contributed by atoms with Crippen LogP contribution in [0.5, 0.6) is 11.5 Å². The van der Waals surface area contributed by atoms with Gasteiger partial charge in [-0.1, -0.05) is 35.9 Å². The van der Waals surface area contributed by atoms with Crippen LogP contribution in [0, 0.1) is 0 Å². The normalized spacial score (nSPS) is 16.7. The van der Waals surface area contributed by atoms with Crippen molar-refractivity contribution in [2.24, 2.45) is 4.99 Å². The molecule has 1 aromatic heterocycles. The van der Waals surface area contributed by atoms with E-state index in [4.69, 9.17) is 11.6 Å². The minimum Gasteiger partial charge on any atom is -0.504 e. The maximum absolute atomic E-state index is 13.1. The zero-order valence-corrected chi connectivity index (χ0v) is 16.4. The number of thioether (sulfide) groups is 1. The lowest BCUT2D eigenvalue weighted by molar-refractivity contribution is -0.113. The standard InChI is InChI=1S/C21H14ClN3O3S/c22-15-12-23-9-8-16(15)24-21-25(14-4-2-1-3-5-14)20(28)19(29-21)11-13-6-7-17(26)18(27)10-13/h1-12,26-27H/b19-11-,24-21?. The first-order valence-electron chi connectivity index (χ1n) is 8.52. The fraction of sp³-hybridized carbons (Fsp3) is 0. The molecule has 29 heavy (non-hydrogen) atoms. The number of para-hydroxylation sites is 1. The summed E-state index contributed by atoms with van der Waals surface area (Å²) in [6.07, 6.45) is 4.71. The first-order chi connectivity index (χ1) is 14.0. The summed E-state index contributed by atoms with van der Waals surface area (Å²) in [5.41, 5.74) is 1.75. The van der Waals surface area contributed by atoms with Crippen molar-refractivity contribution < 1.29 is 15.0 Å². The SMILES string of the molecule is O=C1/C(=C/c2ccc(O)c(O)c2)SC(=Nc2ccncc2Cl)N1c1ccccc1. The number of hydrogen-bond donors (Lipinski definition) is 2. The molecule has 1 aliphatic heterocycles. The molecule has 0 saturated carbocycles. The quantitative estimate of drug-likeness (QED) is 0.459. The second-order valence-corrected chi connectivity index (χ2v) is 7.47. The first kappa shape index (κ1) is 19.0. The zero-order valence-electron chi connectivity index (χ0n) is 14.9. The van der Waals surface area contributed by atoms with Gasteiger partial charge in [-0.3, -0.25) is 14.7 Å². The van der Waals surface area contributed by atoms with Crippen molar-refractivity contribution in [3.63, 3.8) is 0 Å². The number of aromatic nitrogens is 1. The van der Waals surface area contributed by atoms with Crippen LogP contribution >= 0.6 is 23.4 Å². The van der Waals surface area contributed by atoms with Crippen molar-refractivity contribution in [3.05, 3.63) is 82.5 Å². The number of amides is 1. The number of pyridine rings is 1. The average molecular weight is 424 g/mol. The molecular weight excluding hydrogens is 410 g/mol. The first-order valence-corrected chi connectivity index (χ1v) is 9.71. The van der Waals surface area contributed by atoms with Gasteiger partial charge in [0.1, 0.15) is 0 Å². The lowest BCUT2D eigenvalue weighted by Crippen LogP contribution is -2.28. The predicted molar refractivity (Wildman–Crippen MR) is 116 cm³/mol. The number of carbonyl (C=O) groups is 1. The molecule has 8 heteroatoms. The number of phenolic OH excluding ortho intramolecular Hbond substituents is 2. The maximum atomic E-state index is 13.1. The van der Waals surface area contributed by atoms with Crippen LogP contribution in [0.25, 0.3) is 6.08 Å². The van der Waals surface area contributed by atoms with E-state index in [2.05, 4.69) is 9.98 Å². The van der Waals surface area contributed by atoms with Crippen LogP contribution in [0.2, 0.25) is 5.02 Å². The Morgan fingerprint density at radius 3 is 2.59 bits per heavy atom. The third-order valence-corrected chi connectivity index (χ3v) is 5.35. The average Bonchev–Trinajstić information content (AvgIpc) is 3.02. The van der Waals surface area contributed by atoms with Crippen LogP contribution in [-0.2, 0) is 4.79 Å². The molecule has 4 rings (SSSR count). The summed E-state index contributed by atoms with van der Waals surface area (Å²) in [7, 11) is 0. The van der Waals surface area contributed by atoms with E-state index < -0.39 is 0 Å². The number of halogens is 1. The molecule has 2 heterocycles. The van der Waals surface area contributed by atoms with Crippen molar-refractivity contribution in [1.82, 2.24) is 4.98 Å². The van der Waals surface area contributed by atoms with Gasteiger partial charge in [-0.05, 0) is 53.7 Å². The number of hydrogen-bond acceptors (Lipinski definition) is 6. The Morgan fingerprint density at radius 2 is 1.86 bits per heavy atom. The molecule has 144 valence electrons. The Hall–Kier alpha value is -3.29. The van der Waals surface area contributed by atoms with E-state index in [1.807, 2.05) is 30.3 Å². The number of nitrogens with zero attached hydrogens (tertiary/aromatic N) is 3. The Kier molecular flexibility index (Phi) is 5.24. The van der Waals surface area contributed by atoms with Crippen molar-refractivity contribution >= 4 is 51.9 Å². The number of anilines is 1. The Morgan fingerprint density at radius 1 is 1.07 bits per heavy atom. The van der Waals surface area contributed by atoms with Gasteiger partial charge in [-0.2, -0.15) is 0 Å². The molecule has 0 unspecified atom stereocenters. The van der Waals surface area contributed by atoms with Crippen molar-refractivity contribution in [2.45, 2.75) is 0 Å². The highest BCUT2D eigenvalue weighted by atomic mass is 35.5. The van der Waals surface area contributed by atoms with E-state index in [0.29, 0.717) is 32.0 Å². The third-order valence-electron chi connectivity index (χ3n) is 4.09. The fourth-order valence-corrected chi connectivity index (χ4v) is 3.85. The zero-order chi connectivity index (χ0) is 20.4. The molecule has 1 fully saturated rings. The molecule has 3 aromatic rings. The Labute approximate surface area is 175 Å². The van der Waals surface area contributed by atoms with Gasteiger partial charge in [0, 0.05) is 12.4 Å². The minimum atomic E-state index is -0.257. The van der Waals surface area contributed by atoms with E-state index in [0.717, 1.165) is 0 Å². The predicted octanol–water partition coefficient (Wildman–Crippen LogP) is 4.95. The molecule has 6 nitrogen and oxygen atoms in total. The Balaban J connectivity index is 1.79. The summed E-state index contributed by atoms with van der Waals surface area (Å²) in [6, 6.07) is 15.2. The summed E-state index contributed by atoms with van der Waals surface area (Å²) in [4.78, 5) is 23.6. The highest BCUT2D eigenvalue weighted by Crippen LogP contribution is 2.38. The van der Waals surface area contributed by atoms with Crippen molar-refractivity contribution in [1.29, 1.82) is 0 Å². The number of carbonyl (C=O) groups excluding carboxylic acids is 1. The Bertz CT molecular complexity index is 1150. The van der Waals surface area contributed by atoms with E-state index >= 15 is 0 Å². The van der Waals surface area contributed by atoms with Crippen LogP contribution in [0.15, 0.2) is 76.9 Å². The summed E-state index contributed by atoms with van der Waals surface area (Å²) < 4.78 is 0. The van der Waals surface area contributed by atoms with E-state index in [1.54, 1.807) is 24.4 Å². The molecule has 1 saturated heterocycles. The van der Waals surface area contributed by atoms with Crippen LogP contribution in [0.1, 0.15) is 5.56 Å². The molecule has 1 aliphatic rings. The largest absolute Gasteiger partial charge is 0.504 e. The molecule has 0 radical (unpaired) electrons. The highest BCUT2D eigenvalue weighted by Gasteiger charge is 2.34. The van der Waals surface area contributed by atoms with E-state index in [-0.39, 0.29) is 17.4 Å². The van der Waals surface area contributed by atoms with Gasteiger partial charge >= 0.3 is 0 Å². The van der Waals surface area contributed by atoms with Crippen molar-refractivity contribution in [2.75, 3.05) is 4.90 Å². The molecule has 0 atom stereocenters. The highest BCUT2D eigenvalue weighted by molar-refractivity contribution is 8.19. The molecule has 0 spiro atoms. The monoisotopic (exact) mass is 423 g/mol. The lowest BCUT2D eigenvalue weighted by Gasteiger charge is -2.15. The minimum absolute atomic E-state index is 0.224. The van der Waals surface area contributed by atoms with Crippen LogP contribution in [0.4, 0.5) is 11.4 Å². The molecule has 0 bridgehead atoms. The topological polar surface area (TPSA) is 86.0 Å². The number of phenols is 2. The van der Waals surface area contributed by atoms with Gasteiger partial charge in [0.2, 0.25) is 0 Å². The summed E-state index contributed by atoms with van der Waals surface area (Å²) in [5, 5.41) is 20.0. The van der Waals surface area contributed by atoms with E-state index in [1.165, 1.54) is 35.0 Å². The molecule has 0 aliphatic carbocycles. The number of aromatic hydroxyl groups is 2. The van der Waals surface area contributed by atoms with Crippen LogP contribution in [-0.4, -0.2) is 26.3 Å². The molecule has 2 aromatic carbocycles.